The Bertz CT molecular complexity index is 1200. The van der Waals surface area contributed by atoms with Gasteiger partial charge in [-0.15, -0.1) is 0 Å². The molecule has 3 atom stereocenters. The molecule has 3 aromatic carbocycles. The van der Waals surface area contributed by atoms with Crippen molar-refractivity contribution in [1.29, 1.82) is 0 Å². The minimum Gasteiger partial charge on any atom is -0.228 e. The molecule has 3 aromatic rings. The zero-order chi connectivity index (χ0) is 20.6. The first kappa shape index (κ1) is 19.9. The van der Waals surface area contributed by atoms with Gasteiger partial charge in [0.05, 0.1) is 21.1 Å². The summed E-state index contributed by atoms with van der Waals surface area (Å²) in [4.78, 5) is 0.166. The van der Waals surface area contributed by atoms with Crippen LogP contribution in [0.2, 0.25) is 0 Å². The number of hydrogen-bond acceptors (Lipinski definition) is 4. The van der Waals surface area contributed by atoms with Crippen molar-refractivity contribution in [2.45, 2.75) is 34.0 Å². The fraction of sp³-hybridized carbons (Fsp3) is 0.217. The topological polar surface area (TPSA) is 68.3 Å². The molecule has 0 aromatic heterocycles. The molecule has 0 amide bonds. The summed E-state index contributed by atoms with van der Waals surface area (Å²) in [5.74, 6) is -0.723. The molecule has 150 valence electrons. The van der Waals surface area contributed by atoms with E-state index < -0.39 is 36.1 Å². The van der Waals surface area contributed by atoms with Crippen LogP contribution in [0, 0.1) is 6.92 Å². The van der Waals surface area contributed by atoms with Gasteiger partial charge in [-0.2, -0.15) is 0 Å². The molecular weight excluding hydrogens is 404 g/mol. The van der Waals surface area contributed by atoms with Gasteiger partial charge in [0, 0.05) is 5.92 Å². The van der Waals surface area contributed by atoms with E-state index in [9.17, 15) is 16.8 Å². The van der Waals surface area contributed by atoms with E-state index in [0.29, 0.717) is 5.56 Å². The van der Waals surface area contributed by atoms with E-state index in [2.05, 4.69) is 0 Å². The number of sulfone groups is 2. The summed E-state index contributed by atoms with van der Waals surface area (Å²) in [5, 5.41) is -1.92. The molecule has 4 rings (SSSR count). The van der Waals surface area contributed by atoms with E-state index in [0.717, 1.165) is 11.1 Å². The van der Waals surface area contributed by atoms with E-state index in [1.54, 1.807) is 42.5 Å². The van der Waals surface area contributed by atoms with Crippen molar-refractivity contribution >= 4 is 19.7 Å². The van der Waals surface area contributed by atoms with Crippen LogP contribution >= 0.6 is 0 Å². The highest BCUT2D eigenvalue weighted by Gasteiger charge is 2.64. The second-order valence-electron chi connectivity index (χ2n) is 7.52. The molecule has 0 aliphatic heterocycles. The van der Waals surface area contributed by atoms with Crippen molar-refractivity contribution in [2.75, 3.05) is 0 Å². The highest BCUT2D eigenvalue weighted by molar-refractivity contribution is 7.96. The molecule has 0 saturated heterocycles. The predicted molar refractivity (Wildman–Crippen MR) is 114 cm³/mol. The van der Waals surface area contributed by atoms with Crippen LogP contribution in [0.3, 0.4) is 0 Å². The Morgan fingerprint density at radius 2 is 1.24 bits per heavy atom. The summed E-state index contributed by atoms with van der Waals surface area (Å²) in [5.41, 5.74) is 2.46. The summed E-state index contributed by atoms with van der Waals surface area (Å²) >= 11 is 0. The van der Waals surface area contributed by atoms with E-state index in [1.165, 1.54) is 12.1 Å². The lowest BCUT2D eigenvalue weighted by molar-refractivity contribution is 0.586. The van der Waals surface area contributed by atoms with Gasteiger partial charge >= 0.3 is 0 Å². The predicted octanol–water partition coefficient (Wildman–Crippen LogP) is 3.92. The van der Waals surface area contributed by atoms with E-state index in [4.69, 9.17) is 0 Å². The molecule has 0 N–H and O–H groups in total. The number of rotatable bonds is 6. The molecule has 4 nitrogen and oxygen atoms in total. The van der Waals surface area contributed by atoms with Crippen molar-refractivity contribution < 1.29 is 16.8 Å². The zero-order valence-electron chi connectivity index (χ0n) is 16.0. The average molecular weight is 427 g/mol. The molecule has 1 aliphatic rings. The minimum atomic E-state index is -3.77. The van der Waals surface area contributed by atoms with E-state index >= 15 is 0 Å². The van der Waals surface area contributed by atoms with Gasteiger partial charge in [-0.25, -0.2) is 16.8 Å². The molecule has 29 heavy (non-hydrogen) atoms. The Kier molecular flexibility index (Phi) is 5.09. The van der Waals surface area contributed by atoms with Crippen LogP contribution in [0.25, 0.3) is 0 Å². The summed E-state index contributed by atoms with van der Waals surface area (Å²) in [7, 11) is -7.44. The fourth-order valence-electron chi connectivity index (χ4n) is 3.89. The average Bonchev–Trinajstić information content (AvgIpc) is 3.49. The minimum absolute atomic E-state index is 0.165. The van der Waals surface area contributed by atoms with Crippen LogP contribution in [0.1, 0.15) is 22.6 Å². The van der Waals surface area contributed by atoms with Gasteiger partial charge in [0.1, 0.15) is 0 Å². The first-order valence-corrected chi connectivity index (χ1v) is 12.7. The van der Waals surface area contributed by atoms with Crippen LogP contribution in [0.15, 0.2) is 89.8 Å². The van der Waals surface area contributed by atoms with Gasteiger partial charge in [-0.05, 0) is 30.2 Å². The number of aryl methyl sites for hydroxylation is 1. The molecule has 1 fully saturated rings. The molecule has 6 heteroatoms. The summed E-state index contributed by atoms with van der Waals surface area (Å²) in [6.45, 7) is 1.94. The number of benzene rings is 3. The van der Waals surface area contributed by atoms with E-state index in [1.807, 2.05) is 37.3 Å². The first-order chi connectivity index (χ1) is 13.8. The summed E-state index contributed by atoms with van der Waals surface area (Å²) < 4.78 is 53.0. The highest BCUT2D eigenvalue weighted by Crippen LogP contribution is 2.53. The van der Waals surface area contributed by atoms with Crippen molar-refractivity contribution in [3.63, 3.8) is 0 Å². The SMILES string of the molecule is Cc1ccc(CS(=O)(=O)[C@H]2C(S(=O)(=O)c3ccccc3)[C@@H]2c2ccccc2)cc1. The third-order valence-corrected chi connectivity index (χ3v) is 9.96. The van der Waals surface area contributed by atoms with Crippen molar-refractivity contribution in [3.05, 3.63) is 102 Å². The standard InChI is InChI=1S/C23H22O4S2/c1-17-12-14-18(15-13-17)16-28(24,25)22-21(19-8-4-2-5-9-19)23(22)29(26,27)20-10-6-3-7-11-20/h2-15,21-23H,16H2,1H3/t21-,22-,23?/m1/s1. The second-order valence-corrected chi connectivity index (χ2v) is 11.8. The molecule has 0 spiro atoms. The maximum absolute atomic E-state index is 13.3. The van der Waals surface area contributed by atoms with Crippen LogP contribution in [0.4, 0.5) is 0 Å². The van der Waals surface area contributed by atoms with Gasteiger partial charge < -0.3 is 0 Å². The van der Waals surface area contributed by atoms with Gasteiger partial charge in [0.2, 0.25) is 0 Å². The molecule has 0 radical (unpaired) electrons. The monoisotopic (exact) mass is 426 g/mol. The van der Waals surface area contributed by atoms with Crippen molar-refractivity contribution in [3.8, 4) is 0 Å². The zero-order valence-corrected chi connectivity index (χ0v) is 17.6. The second kappa shape index (κ2) is 7.43. The Morgan fingerprint density at radius 3 is 1.83 bits per heavy atom. The molecule has 1 unspecified atom stereocenters. The van der Waals surface area contributed by atoms with Crippen molar-refractivity contribution in [1.82, 2.24) is 0 Å². The lowest BCUT2D eigenvalue weighted by Gasteiger charge is -2.06. The van der Waals surface area contributed by atoms with Crippen LogP contribution in [-0.4, -0.2) is 27.3 Å². The largest absolute Gasteiger partial charge is 0.228 e. The molecule has 0 heterocycles. The van der Waals surface area contributed by atoms with Crippen LogP contribution in [-0.2, 0) is 25.4 Å². The fourth-order valence-corrected chi connectivity index (χ4v) is 9.04. The lowest BCUT2D eigenvalue weighted by Crippen LogP contribution is -2.19. The summed E-state index contributed by atoms with van der Waals surface area (Å²) in [6.07, 6.45) is 0. The molecular formula is C23H22O4S2. The van der Waals surface area contributed by atoms with Crippen LogP contribution < -0.4 is 0 Å². The first-order valence-electron chi connectivity index (χ1n) is 9.42. The smallest absolute Gasteiger partial charge is 0.183 e. The Hall–Kier alpha value is -2.44. The van der Waals surface area contributed by atoms with Gasteiger partial charge in [-0.1, -0.05) is 78.4 Å². The summed E-state index contributed by atoms with van der Waals surface area (Å²) in [6, 6.07) is 24.5. The maximum Gasteiger partial charge on any atom is 0.183 e. The van der Waals surface area contributed by atoms with Gasteiger partial charge in [-0.3, -0.25) is 0 Å². The Labute approximate surface area is 172 Å². The third-order valence-electron chi connectivity index (χ3n) is 5.41. The van der Waals surface area contributed by atoms with Gasteiger partial charge in [0.25, 0.3) is 0 Å². The normalized spacial score (nSPS) is 21.6. The maximum atomic E-state index is 13.3. The molecule has 1 saturated carbocycles. The van der Waals surface area contributed by atoms with Crippen molar-refractivity contribution in [2.24, 2.45) is 0 Å². The molecule has 1 aliphatic carbocycles. The Morgan fingerprint density at radius 1 is 0.690 bits per heavy atom. The van der Waals surface area contributed by atoms with Crippen LogP contribution in [0.5, 0.6) is 0 Å². The lowest BCUT2D eigenvalue weighted by atomic mass is 10.1. The number of hydrogen-bond donors (Lipinski definition) is 0. The Balaban J connectivity index is 1.72. The molecule has 0 bridgehead atoms. The highest BCUT2D eigenvalue weighted by atomic mass is 32.2. The third kappa shape index (κ3) is 3.87. The van der Waals surface area contributed by atoms with Gasteiger partial charge in [0.15, 0.2) is 19.7 Å². The quantitative estimate of drug-likeness (QED) is 0.599. The van der Waals surface area contributed by atoms with E-state index in [-0.39, 0.29) is 10.6 Å².